The van der Waals surface area contributed by atoms with E-state index in [-0.39, 0.29) is 17.7 Å². The SMILES string of the molecule is CC(C)OC(=O)c1cc2n(n1)CCNC2=O. The summed E-state index contributed by atoms with van der Waals surface area (Å²) in [6, 6.07) is 1.46. The van der Waals surface area contributed by atoms with Crippen LogP contribution in [-0.2, 0) is 11.3 Å². The van der Waals surface area contributed by atoms with Crippen molar-refractivity contribution in [3.8, 4) is 0 Å². The number of carbonyl (C=O) groups excluding carboxylic acids is 2. The Morgan fingerprint density at radius 3 is 3.00 bits per heavy atom. The van der Waals surface area contributed by atoms with Gasteiger partial charge in [-0.05, 0) is 13.8 Å². The molecule has 1 N–H and O–H groups in total. The number of ether oxygens (including phenoxy) is 1. The molecule has 0 spiro atoms. The zero-order valence-electron chi connectivity index (χ0n) is 9.19. The van der Waals surface area contributed by atoms with Gasteiger partial charge < -0.3 is 10.1 Å². The number of carbonyl (C=O) groups is 2. The van der Waals surface area contributed by atoms with Crippen molar-refractivity contribution < 1.29 is 14.3 Å². The molecule has 2 rings (SSSR count). The zero-order valence-corrected chi connectivity index (χ0v) is 9.19. The van der Waals surface area contributed by atoms with E-state index >= 15 is 0 Å². The fraction of sp³-hybridized carbons (Fsp3) is 0.500. The molecule has 6 nitrogen and oxygen atoms in total. The van der Waals surface area contributed by atoms with Gasteiger partial charge >= 0.3 is 5.97 Å². The van der Waals surface area contributed by atoms with E-state index in [9.17, 15) is 9.59 Å². The average Bonchev–Trinajstić information content (AvgIpc) is 2.61. The summed E-state index contributed by atoms with van der Waals surface area (Å²) in [6.45, 7) is 4.64. The highest BCUT2D eigenvalue weighted by Gasteiger charge is 2.22. The molecule has 1 aliphatic rings. The molecule has 0 bridgehead atoms. The highest BCUT2D eigenvalue weighted by atomic mass is 16.5. The van der Waals surface area contributed by atoms with Gasteiger partial charge in [0.1, 0.15) is 5.69 Å². The van der Waals surface area contributed by atoms with Crippen LogP contribution < -0.4 is 5.32 Å². The fourth-order valence-corrected chi connectivity index (χ4v) is 1.51. The Morgan fingerprint density at radius 1 is 1.62 bits per heavy atom. The first-order valence-electron chi connectivity index (χ1n) is 5.15. The van der Waals surface area contributed by atoms with Gasteiger partial charge in [-0.25, -0.2) is 4.79 Å². The van der Waals surface area contributed by atoms with Crippen LogP contribution in [0.5, 0.6) is 0 Å². The van der Waals surface area contributed by atoms with E-state index in [4.69, 9.17) is 4.74 Å². The molecule has 0 aromatic carbocycles. The van der Waals surface area contributed by atoms with Crippen LogP contribution in [0.4, 0.5) is 0 Å². The lowest BCUT2D eigenvalue weighted by atomic mass is 10.3. The molecule has 16 heavy (non-hydrogen) atoms. The monoisotopic (exact) mass is 223 g/mol. The summed E-state index contributed by atoms with van der Waals surface area (Å²) in [5, 5.41) is 6.71. The second-order valence-electron chi connectivity index (χ2n) is 3.85. The number of aromatic nitrogens is 2. The Hall–Kier alpha value is -1.85. The molecule has 0 unspecified atom stereocenters. The molecule has 0 saturated heterocycles. The summed E-state index contributed by atoms with van der Waals surface area (Å²) in [4.78, 5) is 23.0. The first kappa shape index (κ1) is 10.7. The van der Waals surface area contributed by atoms with Crippen molar-refractivity contribution in [2.75, 3.05) is 6.54 Å². The molecular formula is C10H13N3O3. The van der Waals surface area contributed by atoms with Crippen LogP contribution in [-0.4, -0.2) is 34.3 Å². The van der Waals surface area contributed by atoms with E-state index in [0.29, 0.717) is 18.8 Å². The van der Waals surface area contributed by atoms with E-state index in [1.165, 1.54) is 10.7 Å². The van der Waals surface area contributed by atoms with Crippen LogP contribution in [0.2, 0.25) is 0 Å². The fourth-order valence-electron chi connectivity index (χ4n) is 1.51. The van der Waals surface area contributed by atoms with Gasteiger partial charge in [-0.1, -0.05) is 0 Å². The number of nitrogens with zero attached hydrogens (tertiary/aromatic N) is 2. The molecule has 0 radical (unpaired) electrons. The Kier molecular flexibility index (Phi) is 2.64. The van der Waals surface area contributed by atoms with Gasteiger partial charge in [0.05, 0.1) is 12.6 Å². The van der Waals surface area contributed by atoms with Crippen molar-refractivity contribution in [1.29, 1.82) is 0 Å². The summed E-state index contributed by atoms with van der Waals surface area (Å²) in [5.41, 5.74) is 0.586. The van der Waals surface area contributed by atoms with Gasteiger partial charge in [0, 0.05) is 12.6 Å². The summed E-state index contributed by atoms with van der Waals surface area (Å²) < 4.78 is 6.53. The minimum Gasteiger partial charge on any atom is -0.458 e. The van der Waals surface area contributed by atoms with Gasteiger partial charge in [-0.3, -0.25) is 9.48 Å². The van der Waals surface area contributed by atoms with Crippen LogP contribution in [0.15, 0.2) is 6.07 Å². The van der Waals surface area contributed by atoms with Gasteiger partial charge in [0.15, 0.2) is 5.69 Å². The molecule has 0 atom stereocenters. The third-order valence-corrected chi connectivity index (χ3v) is 2.17. The van der Waals surface area contributed by atoms with E-state index < -0.39 is 5.97 Å². The number of amides is 1. The minimum atomic E-state index is -0.496. The van der Waals surface area contributed by atoms with Crippen molar-refractivity contribution in [1.82, 2.24) is 15.1 Å². The first-order chi connectivity index (χ1) is 7.58. The number of fused-ring (bicyclic) bond motifs is 1. The largest absolute Gasteiger partial charge is 0.458 e. The van der Waals surface area contributed by atoms with Crippen LogP contribution in [0.25, 0.3) is 0 Å². The van der Waals surface area contributed by atoms with Crippen molar-refractivity contribution in [2.24, 2.45) is 0 Å². The van der Waals surface area contributed by atoms with Crippen molar-refractivity contribution in [3.05, 3.63) is 17.5 Å². The number of nitrogens with one attached hydrogen (secondary N) is 1. The van der Waals surface area contributed by atoms with Crippen molar-refractivity contribution in [3.63, 3.8) is 0 Å². The molecule has 1 aliphatic heterocycles. The van der Waals surface area contributed by atoms with Gasteiger partial charge in [-0.2, -0.15) is 5.10 Å². The minimum absolute atomic E-state index is 0.181. The predicted octanol–water partition coefficient (Wildman–Crippen LogP) is 0.192. The second-order valence-corrected chi connectivity index (χ2v) is 3.85. The summed E-state index contributed by atoms with van der Waals surface area (Å²) >= 11 is 0. The lowest BCUT2D eigenvalue weighted by molar-refractivity contribution is 0.0369. The number of hydrogen-bond donors (Lipinski definition) is 1. The average molecular weight is 223 g/mol. The zero-order chi connectivity index (χ0) is 11.7. The third kappa shape index (κ3) is 1.91. The van der Waals surface area contributed by atoms with Crippen LogP contribution in [0.1, 0.15) is 34.8 Å². The van der Waals surface area contributed by atoms with E-state index in [1.807, 2.05) is 0 Å². The van der Waals surface area contributed by atoms with Crippen molar-refractivity contribution in [2.45, 2.75) is 26.5 Å². The van der Waals surface area contributed by atoms with Gasteiger partial charge in [0.25, 0.3) is 5.91 Å². The highest BCUT2D eigenvalue weighted by Crippen LogP contribution is 2.09. The van der Waals surface area contributed by atoms with E-state index in [0.717, 1.165) is 0 Å². The molecule has 86 valence electrons. The topological polar surface area (TPSA) is 73.2 Å². The molecule has 0 fully saturated rings. The maximum Gasteiger partial charge on any atom is 0.359 e. The normalized spacial score (nSPS) is 14.6. The summed E-state index contributed by atoms with van der Waals surface area (Å²) in [6.07, 6.45) is -0.194. The molecule has 2 heterocycles. The lowest BCUT2D eigenvalue weighted by Gasteiger charge is -2.13. The molecule has 6 heteroatoms. The summed E-state index contributed by atoms with van der Waals surface area (Å²) in [7, 11) is 0. The molecular weight excluding hydrogens is 210 g/mol. The Labute approximate surface area is 92.6 Å². The lowest BCUT2D eigenvalue weighted by Crippen LogP contribution is -2.35. The maximum atomic E-state index is 11.5. The number of rotatable bonds is 2. The molecule has 1 aromatic heterocycles. The van der Waals surface area contributed by atoms with E-state index in [2.05, 4.69) is 10.4 Å². The summed E-state index contributed by atoms with van der Waals surface area (Å²) in [5.74, 6) is -0.702. The second kappa shape index (κ2) is 3.96. The van der Waals surface area contributed by atoms with E-state index in [1.54, 1.807) is 13.8 Å². The first-order valence-corrected chi connectivity index (χ1v) is 5.15. The Balaban J connectivity index is 2.24. The third-order valence-electron chi connectivity index (χ3n) is 2.17. The molecule has 0 aliphatic carbocycles. The van der Waals surface area contributed by atoms with Gasteiger partial charge in [0.2, 0.25) is 0 Å². The number of esters is 1. The highest BCUT2D eigenvalue weighted by molar-refractivity contribution is 5.96. The standard InChI is InChI=1S/C10H13N3O3/c1-6(2)16-10(15)7-5-8-9(14)11-3-4-13(8)12-7/h5-6H,3-4H2,1-2H3,(H,11,14). The smallest absolute Gasteiger partial charge is 0.359 e. The molecule has 1 aromatic rings. The van der Waals surface area contributed by atoms with Crippen LogP contribution in [0.3, 0.4) is 0 Å². The van der Waals surface area contributed by atoms with Gasteiger partial charge in [-0.15, -0.1) is 0 Å². The predicted molar refractivity (Wildman–Crippen MR) is 55.1 cm³/mol. The van der Waals surface area contributed by atoms with Crippen LogP contribution in [0, 0.1) is 0 Å². The Bertz CT molecular complexity index is 437. The van der Waals surface area contributed by atoms with Crippen LogP contribution >= 0.6 is 0 Å². The maximum absolute atomic E-state index is 11.5. The molecule has 0 saturated carbocycles. The number of hydrogen-bond acceptors (Lipinski definition) is 4. The Morgan fingerprint density at radius 2 is 2.38 bits per heavy atom. The van der Waals surface area contributed by atoms with Crippen molar-refractivity contribution >= 4 is 11.9 Å². The quantitative estimate of drug-likeness (QED) is 0.726. The molecule has 1 amide bonds.